The Kier molecular flexibility index (Phi) is 8.03. The molecule has 0 amide bonds. The van der Waals surface area contributed by atoms with E-state index >= 15 is 0 Å². The van der Waals surface area contributed by atoms with Gasteiger partial charge >= 0.3 is 0 Å². The number of carbonyl (C=O) groups excluding carboxylic acids is 2. The molecule has 0 fully saturated rings. The van der Waals surface area contributed by atoms with Crippen LogP contribution < -0.4 is 0 Å². The van der Waals surface area contributed by atoms with Crippen molar-refractivity contribution in [1.82, 2.24) is 0 Å². The van der Waals surface area contributed by atoms with E-state index < -0.39 is 12.2 Å². The second kappa shape index (κ2) is 8.42. The molecule has 0 rings (SSSR count). The van der Waals surface area contributed by atoms with Crippen molar-refractivity contribution < 1.29 is 19.1 Å². The maximum atomic E-state index is 11.7. The Morgan fingerprint density at radius 2 is 1.25 bits per heavy atom. The molecule has 0 bridgehead atoms. The average Bonchev–Trinajstić information content (AvgIpc) is 2.29. The van der Waals surface area contributed by atoms with Gasteiger partial charge in [-0.2, -0.15) is 0 Å². The summed E-state index contributed by atoms with van der Waals surface area (Å²) in [5.41, 5.74) is 0. The molecule has 0 radical (unpaired) electrons. The molecule has 94 valence electrons. The average molecular weight is 230 g/mol. The number of ketones is 2. The van der Waals surface area contributed by atoms with Gasteiger partial charge in [-0.3, -0.25) is 9.59 Å². The van der Waals surface area contributed by atoms with Crippen LogP contribution in [0.25, 0.3) is 0 Å². The van der Waals surface area contributed by atoms with Crippen LogP contribution in [0.5, 0.6) is 0 Å². The van der Waals surface area contributed by atoms with Crippen LogP contribution in [-0.2, 0) is 19.1 Å². The highest BCUT2D eigenvalue weighted by Gasteiger charge is 2.33. The Hall–Kier alpha value is -0.740. The lowest BCUT2D eigenvalue weighted by molar-refractivity contribution is -0.178. The predicted octanol–water partition coefficient (Wildman–Crippen LogP) is 1.96. The molecule has 4 nitrogen and oxygen atoms in total. The van der Waals surface area contributed by atoms with Crippen LogP contribution in [0.4, 0.5) is 0 Å². The minimum atomic E-state index is -0.769. The molecule has 4 heteroatoms. The molecule has 0 unspecified atom stereocenters. The van der Waals surface area contributed by atoms with Gasteiger partial charge < -0.3 is 9.47 Å². The molecule has 0 aliphatic heterocycles. The maximum absolute atomic E-state index is 11.7. The Bertz CT molecular complexity index is 203. The first-order valence-electron chi connectivity index (χ1n) is 5.90. The second-order valence-corrected chi connectivity index (χ2v) is 3.40. The first-order chi connectivity index (χ1) is 7.62. The SMILES string of the molecule is CCOC(OCC)C(C(=O)CC)C(=O)CC. The van der Waals surface area contributed by atoms with E-state index in [2.05, 4.69) is 0 Å². The Labute approximate surface area is 97.3 Å². The van der Waals surface area contributed by atoms with Gasteiger partial charge in [-0.15, -0.1) is 0 Å². The highest BCUT2D eigenvalue weighted by atomic mass is 16.7. The standard InChI is InChI=1S/C12H22O4/c1-5-9(13)11(10(14)6-2)12(15-7-3)16-8-4/h11-12H,5-8H2,1-4H3. The normalized spacial score (nSPS) is 11.1. The minimum absolute atomic E-state index is 0.112. The third-order valence-corrected chi connectivity index (χ3v) is 2.32. The smallest absolute Gasteiger partial charge is 0.174 e. The summed E-state index contributed by atoms with van der Waals surface area (Å²) in [6.07, 6.45) is -0.0741. The summed E-state index contributed by atoms with van der Waals surface area (Å²) in [6.45, 7) is 7.97. The molecule has 0 aromatic heterocycles. The topological polar surface area (TPSA) is 52.6 Å². The zero-order chi connectivity index (χ0) is 12.6. The number of hydrogen-bond donors (Lipinski definition) is 0. The number of rotatable bonds is 9. The summed E-state index contributed by atoms with van der Waals surface area (Å²) in [4.78, 5) is 23.4. The van der Waals surface area contributed by atoms with Gasteiger partial charge in [-0.25, -0.2) is 0 Å². The van der Waals surface area contributed by atoms with Gasteiger partial charge in [-0.05, 0) is 13.8 Å². The van der Waals surface area contributed by atoms with Gasteiger partial charge in [0.05, 0.1) is 0 Å². The van der Waals surface area contributed by atoms with Crippen molar-refractivity contribution in [3.05, 3.63) is 0 Å². The molecule has 0 aliphatic carbocycles. The molecule has 0 atom stereocenters. The number of Topliss-reactive ketones (excluding diaryl/α,β-unsaturated/α-hetero) is 2. The summed E-state index contributed by atoms with van der Waals surface area (Å²) < 4.78 is 10.7. The highest BCUT2D eigenvalue weighted by molar-refractivity contribution is 6.02. The number of hydrogen-bond acceptors (Lipinski definition) is 4. The van der Waals surface area contributed by atoms with Gasteiger partial charge in [0.15, 0.2) is 6.29 Å². The first kappa shape index (κ1) is 15.3. The molecule has 0 aromatic rings. The summed E-state index contributed by atoms with van der Waals surface area (Å²) in [6, 6.07) is 0. The van der Waals surface area contributed by atoms with E-state index in [4.69, 9.17) is 9.47 Å². The lowest BCUT2D eigenvalue weighted by Crippen LogP contribution is -2.38. The van der Waals surface area contributed by atoms with Crippen LogP contribution >= 0.6 is 0 Å². The fraction of sp³-hybridized carbons (Fsp3) is 0.833. The van der Waals surface area contributed by atoms with Crippen LogP contribution in [0.2, 0.25) is 0 Å². The second-order valence-electron chi connectivity index (χ2n) is 3.40. The molecule has 0 N–H and O–H groups in total. The molecule has 0 spiro atoms. The van der Waals surface area contributed by atoms with Crippen molar-refractivity contribution in [1.29, 1.82) is 0 Å². The van der Waals surface area contributed by atoms with E-state index in [0.717, 1.165) is 0 Å². The van der Waals surface area contributed by atoms with Gasteiger partial charge in [0, 0.05) is 26.1 Å². The van der Waals surface area contributed by atoms with Gasteiger partial charge in [0.1, 0.15) is 17.5 Å². The van der Waals surface area contributed by atoms with Crippen molar-refractivity contribution in [2.75, 3.05) is 13.2 Å². The minimum Gasteiger partial charge on any atom is -0.352 e. The third-order valence-electron chi connectivity index (χ3n) is 2.32. The van der Waals surface area contributed by atoms with Crippen LogP contribution in [0.3, 0.4) is 0 Å². The van der Waals surface area contributed by atoms with E-state index in [1.165, 1.54) is 0 Å². The van der Waals surface area contributed by atoms with Crippen LogP contribution in [0, 0.1) is 5.92 Å². The lowest BCUT2D eigenvalue weighted by Gasteiger charge is -2.24. The van der Waals surface area contributed by atoms with Crippen molar-refractivity contribution in [3.8, 4) is 0 Å². The van der Waals surface area contributed by atoms with E-state index in [1.54, 1.807) is 13.8 Å². The Balaban J connectivity index is 4.79. The van der Waals surface area contributed by atoms with Crippen molar-refractivity contribution in [2.45, 2.75) is 46.8 Å². The monoisotopic (exact) mass is 230 g/mol. The molecule has 0 heterocycles. The Morgan fingerprint density at radius 3 is 1.50 bits per heavy atom. The zero-order valence-corrected chi connectivity index (χ0v) is 10.6. The van der Waals surface area contributed by atoms with Crippen LogP contribution in [0.1, 0.15) is 40.5 Å². The third kappa shape index (κ3) is 4.41. The van der Waals surface area contributed by atoms with Gasteiger partial charge in [0.2, 0.25) is 0 Å². The maximum Gasteiger partial charge on any atom is 0.174 e. The first-order valence-corrected chi connectivity index (χ1v) is 5.90. The fourth-order valence-corrected chi connectivity index (χ4v) is 1.49. The van der Waals surface area contributed by atoms with Gasteiger partial charge in [0.25, 0.3) is 0 Å². The van der Waals surface area contributed by atoms with E-state index in [0.29, 0.717) is 26.1 Å². The highest BCUT2D eigenvalue weighted by Crippen LogP contribution is 2.16. The number of carbonyl (C=O) groups is 2. The van der Waals surface area contributed by atoms with E-state index in [1.807, 2.05) is 13.8 Å². The molecule has 0 saturated heterocycles. The molecule has 0 aromatic carbocycles. The Morgan fingerprint density at radius 1 is 0.875 bits per heavy atom. The van der Waals surface area contributed by atoms with Crippen molar-refractivity contribution in [2.24, 2.45) is 5.92 Å². The van der Waals surface area contributed by atoms with Crippen molar-refractivity contribution in [3.63, 3.8) is 0 Å². The molecule has 0 aliphatic rings. The summed E-state index contributed by atoms with van der Waals surface area (Å²) in [5, 5.41) is 0. The quantitative estimate of drug-likeness (QED) is 0.449. The van der Waals surface area contributed by atoms with E-state index in [-0.39, 0.29) is 11.6 Å². The van der Waals surface area contributed by atoms with Crippen LogP contribution in [-0.4, -0.2) is 31.1 Å². The summed E-state index contributed by atoms with van der Waals surface area (Å²) in [5.74, 6) is -0.993. The summed E-state index contributed by atoms with van der Waals surface area (Å²) in [7, 11) is 0. The molecule has 16 heavy (non-hydrogen) atoms. The molecular weight excluding hydrogens is 208 g/mol. The van der Waals surface area contributed by atoms with Crippen molar-refractivity contribution >= 4 is 11.6 Å². The lowest BCUT2D eigenvalue weighted by atomic mass is 9.95. The fourth-order valence-electron chi connectivity index (χ4n) is 1.49. The van der Waals surface area contributed by atoms with E-state index in [9.17, 15) is 9.59 Å². The zero-order valence-electron chi connectivity index (χ0n) is 10.6. The van der Waals surface area contributed by atoms with Crippen LogP contribution in [0.15, 0.2) is 0 Å². The molecular formula is C12H22O4. The molecule has 0 saturated carbocycles. The largest absolute Gasteiger partial charge is 0.352 e. The van der Waals surface area contributed by atoms with Gasteiger partial charge in [-0.1, -0.05) is 13.8 Å². The number of ether oxygens (including phenoxy) is 2. The predicted molar refractivity (Wildman–Crippen MR) is 61.1 cm³/mol. The summed E-state index contributed by atoms with van der Waals surface area (Å²) >= 11 is 0.